The second-order valence-electron chi connectivity index (χ2n) is 7.87. The molecule has 1 aromatic carbocycles. The van der Waals surface area contributed by atoms with E-state index in [4.69, 9.17) is 32.4 Å². The van der Waals surface area contributed by atoms with Crippen LogP contribution in [0.2, 0.25) is 10.0 Å². The molecule has 0 spiro atoms. The standard InChI is InChI=1S/C26H19Cl2N3O4S2/c1-3-34-25(33)21-14(2)30-26-31(23(21)16-7-6-8-17(27)22(16)28)24(32)18(36-26)13-15-10-11-20(35-15)37-19-9-4-5-12-29-19/h4-13,23H,3H2,1-2H3/b18-13-/t23-/m0/s1. The number of thiazole rings is 1. The molecule has 1 aliphatic rings. The lowest BCUT2D eigenvalue weighted by atomic mass is 9.96. The van der Waals surface area contributed by atoms with Crippen molar-refractivity contribution in [3.63, 3.8) is 0 Å². The molecular formula is C26H19Cl2N3O4S2. The highest BCUT2D eigenvalue weighted by atomic mass is 35.5. The molecule has 0 fully saturated rings. The van der Waals surface area contributed by atoms with Gasteiger partial charge in [0.2, 0.25) is 0 Å². The topological polar surface area (TPSA) is 86.7 Å². The van der Waals surface area contributed by atoms with Crippen LogP contribution in [0.4, 0.5) is 0 Å². The summed E-state index contributed by atoms with van der Waals surface area (Å²) in [5.74, 6) is -0.0661. The van der Waals surface area contributed by atoms with Crippen LogP contribution in [-0.4, -0.2) is 22.1 Å². The fourth-order valence-corrected chi connectivity index (χ4v) is 6.10. The Kier molecular flexibility index (Phi) is 7.39. The number of esters is 1. The van der Waals surface area contributed by atoms with Gasteiger partial charge in [0, 0.05) is 17.8 Å². The summed E-state index contributed by atoms with van der Waals surface area (Å²) in [6, 6.07) is 13.5. The zero-order chi connectivity index (χ0) is 26.1. The van der Waals surface area contributed by atoms with Crippen molar-refractivity contribution in [1.29, 1.82) is 0 Å². The van der Waals surface area contributed by atoms with Gasteiger partial charge in [0.1, 0.15) is 16.8 Å². The van der Waals surface area contributed by atoms with Gasteiger partial charge in [-0.15, -0.1) is 0 Å². The van der Waals surface area contributed by atoms with E-state index in [2.05, 4.69) is 9.98 Å². The highest BCUT2D eigenvalue weighted by Gasteiger charge is 2.34. The predicted molar refractivity (Wildman–Crippen MR) is 144 cm³/mol. The number of carbonyl (C=O) groups excluding carboxylic acids is 1. The average molecular weight is 572 g/mol. The lowest BCUT2D eigenvalue weighted by Crippen LogP contribution is -2.40. The SMILES string of the molecule is CCOC(=O)C1=C(C)N=c2s/c(=C\c3ccc(Sc4ccccn4)o3)c(=O)n2[C@H]1c1cccc(Cl)c1Cl. The number of allylic oxidation sites excluding steroid dienone is 1. The number of hydrogen-bond acceptors (Lipinski definition) is 8. The first-order valence-corrected chi connectivity index (χ1v) is 13.6. The van der Waals surface area contributed by atoms with Gasteiger partial charge in [-0.05, 0) is 55.9 Å². The van der Waals surface area contributed by atoms with E-state index in [1.807, 2.05) is 24.3 Å². The van der Waals surface area contributed by atoms with E-state index < -0.39 is 12.0 Å². The minimum Gasteiger partial charge on any atom is -0.463 e. The highest BCUT2D eigenvalue weighted by Crippen LogP contribution is 2.37. The Bertz CT molecular complexity index is 1710. The summed E-state index contributed by atoms with van der Waals surface area (Å²) in [4.78, 5) is 36.0. The number of ether oxygens (including phenoxy) is 1. The molecule has 0 bridgehead atoms. The van der Waals surface area contributed by atoms with Crippen molar-refractivity contribution < 1.29 is 13.9 Å². The van der Waals surface area contributed by atoms with Crippen LogP contribution in [-0.2, 0) is 9.53 Å². The fourth-order valence-electron chi connectivity index (χ4n) is 3.92. The van der Waals surface area contributed by atoms with E-state index in [1.54, 1.807) is 50.4 Å². The van der Waals surface area contributed by atoms with Crippen molar-refractivity contribution in [2.45, 2.75) is 30.0 Å². The number of pyridine rings is 1. The minimum atomic E-state index is -0.851. The Morgan fingerprint density at radius 2 is 2.05 bits per heavy atom. The molecule has 37 heavy (non-hydrogen) atoms. The van der Waals surface area contributed by atoms with E-state index in [-0.39, 0.29) is 22.8 Å². The fraction of sp³-hybridized carbons (Fsp3) is 0.154. The first-order valence-electron chi connectivity index (χ1n) is 11.2. The Morgan fingerprint density at radius 1 is 1.22 bits per heavy atom. The molecule has 1 aliphatic heterocycles. The monoisotopic (exact) mass is 571 g/mol. The molecule has 0 aliphatic carbocycles. The number of furan rings is 1. The molecule has 4 aromatic rings. The third-order valence-corrected chi connectivity index (χ3v) is 8.20. The van der Waals surface area contributed by atoms with Gasteiger partial charge in [0.05, 0.1) is 32.5 Å². The molecule has 3 aromatic heterocycles. The molecule has 11 heteroatoms. The molecule has 188 valence electrons. The van der Waals surface area contributed by atoms with Crippen molar-refractivity contribution in [2.75, 3.05) is 6.61 Å². The largest absolute Gasteiger partial charge is 0.463 e. The van der Waals surface area contributed by atoms with Gasteiger partial charge in [-0.25, -0.2) is 14.8 Å². The summed E-state index contributed by atoms with van der Waals surface area (Å²) in [6.45, 7) is 3.60. The summed E-state index contributed by atoms with van der Waals surface area (Å²) in [7, 11) is 0. The molecule has 0 amide bonds. The molecule has 4 heterocycles. The Morgan fingerprint density at radius 3 is 2.81 bits per heavy atom. The van der Waals surface area contributed by atoms with Crippen LogP contribution in [0.5, 0.6) is 0 Å². The molecule has 0 N–H and O–H groups in total. The van der Waals surface area contributed by atoms with Gasteiger partial charge in [0.25, 0.3) is 5.56 Å². The number of carbonyl (C=O) groups is 1. The highest BCUT2D eigenvalue weighted by molar-refractivity contribution is 7.99. The molecular weight excluding hydrogens is 553 g/mol. The normalized spacial score (nSPS) is 15.5. The van der Waals surface area contributed by atoms with E-state index in [9.17, 15) is 9.59 Å². The van der Waals surface area contributed by atoms with Crippen LogP contribution in [0.25, 0.3) is 6.08 Å². The quantitative estimate of drug-likeness (QED) is 0.294. The first kappa shape index (κ1) is 25.5. The van der Waals surface area contributed by atoms with Crippen molar-refractivity contribution in [3.8, 4) is 0 Å². The Labute approximate surface area is 229 Å². The lowest BCUT2D eigenvalue weighted by molar-refractivity contribution is -0.139. The van der Waals surface area contributed by atoms with Crippen molar-refractivity contribution >= 4 is 58.3 Å². The van der Waals surface area contributed by atoms with Crippen molar-refractivity contribution in [1.82, 2.24) is 9.55 Å². The van der Waals surface area contributed by atoms with Gasteiger partial charge in [-0.2, -0.15) is 0 Å². The second kappa shape index (κ2) is 10.7. The lowest BCUT2D eigenvalue weighted by Gasteiger charge is -2.25. The summed E-state index contributed by atoms with van der Waals surface area (Å²) >= 11 is 15.4. The number of benzene rings is 1. The number of hydrogen-bond donors (Lipinski definition) is 0. The zero-order valence-corrected chi connectivity index (χ0v) is 22.7. The van der Waals surface area contributed by atoms with Crippen molar-refractivity contribution in [3.05, 3.63) is 107 Å². The summed E-state index contributed by atoms with van der Waals surface area (Å²) in [6.07, 6.45) is 3.37. The molecule has 0 radical (unpaired) electrons. The zero-order valence-electron chi connectivity index (χ0n) is 19.6. The van der Waals surface area contributed by atoms with Gasteiger partial charge < -0.3 is 9.15 Å². The van der Waals surface area contributed by atoms with E-state index in [1.165, 1.54) is 27.7 Å². The van der Waals surface area contributed by atoms with Crippen LogP contribution < -0.4 is 14.9 Å². The van der Waals surface area contributed by atoms with Gasteiger partial charge in [-0.3, -0.25) is 9.36 Å². The summed E-state index contributed by atoms with van der Waals surface area (Å²) in [5, 5.41) is 2.00. The maximum atomic E-state index is 13.7. The van der Waals surface area contributed by atoms with Crippen LogP contribution in [0, 0.1) is 0 Å². The molecule has 0 saturated carbocycles. The number of aromatic nitrogens is 2. The van der Waals surface area contributed by atoms with Crippen LogP contribution in [0.3, 0.4) is 0 Å². The van der Waals surface area contributed by atoms with E-state index in [0.717, 1.165) is 5.03 Å². The second-order valence-corrected chi connectivity index (χ2v) is 10.7. The molecule has 0 saturated heterocycles. The van der Waals surface area contributed by atoms with E-state index in [0.29, 0.717) is 36.5 Å². The molecule has 1 atom stereocenters. The van der Waals surface area contributed by atoms with Gasteiger partial charge in [0.15, 0.2) is 9.89 Å². The van der Waals surface area contributed by atoms with Gasteiger partial charge >= 0.3 is 5.97 Å². The smallest absolute Gasteiger partial charge is 0.338 e. The maximum absolute atomic E-state index is 13.7. The van der Waals surface area contributed by atoms with E-state index >= 15 is 0 Å². The average Bonchev–Trinajstić information content (AvgIpc) is 3.44. The molecule has 7 nitrogen and oxygen atoms in total. The third kappa shape index (κ3) is 5.04. The summed E-state index contributed by atoms with van der Waals surface area (Å²) < 4.78 is 13.1. The number of halogens is 2. The maximum Gasteiger partial charge on any atom is 0.338 e. The van der Waals surface area contributed by atoms with Gasteiger partial charge in [-0.1, -0.05) is 52.7 Å². The van der Waals surface area contributed by atoms with Crippen molar-refractivity contribution in [2.24, 2.45) is 4.99 Å². The number of fused-ring (bicyclic) bond motifs is 1. The third-order valence-electron chi connectivity index (χ3n) is 5.51. The first-order chi connectivity index (χ1) is 17.9. The Hall–Kier alpha value is -3.11. The minimum absolute atomic E-state index is 0.174. The predicted octanol–water partition coefficient (Wildman–Crippen LogP) is 5.24. The number of nitrogens with zero attached hydrogens (tertiary/aromatic N) is 3. The van der Waals surface area contributed by atoms with Crippen LogP contribution >= 0.6 is 46.3 Å². The molecule has 0 unspecified atom stereocenters. The summed E-state index contributed by atoms with van der Waals surface area (Å²) in [5.41, 5.74) is 0.844. The number of rotatable bonds is 6. The molecule has 5 rings (SSSR count). The van der Waals surface area contributed by atoms with Crippen LogP contribution in [0.1, 0.15) is 31.2 Å². The Balaban J connectivity index is 1.62. The van der Waals surface area contributed by atoms with Crippen LogP contribution in [0.15, 0.2) is 90.3 Å².